The Bertz CT molecular complexity index is 1290. The molecular formula is C15H19N9O5S2. The van der Waals surface area contributed by atoms with Gasteiger partial charge in [-0.15, -0.1) is 10.2 Å². The molecule has 0 spiro atoms. The molecule has 1 unspecified atom stereocenters. The molecule has 14 nitrogen and oxygen atoms in total. The van der Waals surface area contributed by atoms with E-state index in [0.29, 0.717) is 5.56 Å². The molecule has 1 aromatic carbocycles. The summed E-state index contributed by atoms with van der Waals surface area (Å²) in [5.74, 6) is -0.0789. The number of hydrogen-bond donors (Lipinski definition) is 6. The largest absolute Gasteiger partial charge is 0.395 e. The normalized spacial score (nSPS) is 13.3. The van der Waals surface area contributed by atoms with Crippen LogP contribution in [0.4, 0.5) is 5.82 Å². The van der Waals surface area contributed by atoms with E-state index in [1.54, 1.807) is 0 Å². The highest BCUT2D eigenvalue weighted by Gasteiger charge is 2.33. The van der Waals surface area contributed by atoms with Gasteiger partial charge >= 0.3 is 0 Å². The molecule has 31 heavy (non-hydrogen) atoms. The van der Waals surface area contributed by atoms with Crippen LogP contribution < -0.4 is 21.3 Å². The number of aromatic nitrogens is 5. The first-order chi connectivity index (χ1) is 14.6. The molecule has 0 amide bonds. The van der Waals surface area contributed by atoms with Crippen LogP contribution in [0.5, 0.6) is 0 Å². The first-order valence-corrected chi connectivity index (χ1v) is 11.6. The van der Waals surface area contributed by atoms with Gasteiger partial charge in [0.15, 0.2) is 0 Å². The number of nitrogens with one attached hydrogen (secondary N) is 2. The highest BCUT2D eigenvalue weighted by Crippen LogP contribution is 2.38. The van der Waals surface area contributed by atoms with Crippen LogP contribution in [-0.2, 0) is 20.0 Å². The van der Waals surface area contributed by atoms with Crippen molar-refractivity contribution in [2.24, 2.45) is 10.9 Å². The van der Waals surface area contributed by atoms with E-state index in [1.807, 2.05) is 0 Å². The number of hydrogen-bond acceptors (Lipinski definition) is 11. The number of H-pyrrole nitrogens is 1. The number of pyridine rings is 1. The number of primary sulfonamides is 1. The van der Waals surface area contributed by atoms with Crippen molar-refractivity contribution in [2.75, 3.05) is 18.9 Å². The lowest BCUT2D eigenvalue weighted by Gasteiger charge is -2.19. The van der Waals surface area contributed by atoms with E-state index in [1.165, 1.54) is 24.4 Å². The summed E-state index contributed by atoms with van der Waals surface area (Å²) in [5.41, 5.74) is 11.6. The Morgan fingerprint density at radius 3 is 2.48 bits per heavy atom. The van der Waals surface area contributed by atoms with Crippen molar-refractivity contribution in [3.05, 3.63) is 30.5 Å². The minimum absolute atomic E-state index is 0.140. The van der Waals surface area contributed by atoms with Crippen LogP contribution in [0.2, 0.25) is 0 Å². The molecule has 1 atom stereocenters. The van der Waals surface area contributed by atoms with E-state index in [4.69, 9.17) is 16.6 Å². The van der Waals surface area contributed by atoms with Gasteiger partial charge in [0.2, 0.25) is 25.9 Å². The monoisotopic (exact) mass is 469 g/mol. The minimum atomic E-state index is -4.64. The third-order valence-electron chi connectivity index (χ3n) is 4.18. The van der Waals surface area contributed by atoms with Gasteiger partial charge in [0.25, 0.3) is 0 Å². The van der Waals surface area contributed by atoms with E-state index >= 15 is 0 Å². The second kappa shape index (κ2) is 8.61. The minimum Gasteiger partial charge on any atom is -0.395 e. The van der Waals surface area contributed by atoms with Gasteiger partial charge in [-0.2, -0.15) is 5.21 Å². The van der Waals surface area contributed by atoms with Crippen LogP contribution in [0.15, 0.2) is 40.3 Å². The standard InChI is InChI=1S/C15H19N9O5S2/c16-6-9(7-25)22-31(28,29)11-2-1-10(8-3-4-19-12(17)5-8)13(14(11)30(18,26)27)15-20-23-24-21-15/h1-5,9,22,25H,6-7,16H2,(H2,17,19)(H2,18,26,27)(H,20,21,23,24). The van der Waals surface area contributed by atoms with Crippen molar-refractivity contribution >= 4 is 25.9 Å². The number of benzene rings is 1. The van der Waals surface area contributed by atoms with Gasteiger partial charge in [-0.1, -0.05) is 6.07 Å². The van der Waals surface area contributed by atoms with Crippen molar-refractivity contribution in [3.63, 3.8) is 0 Å². The van der Waals surface area contributed by atoms with Crippen LogP contribution in [0.1, 0.15) is 0 Å². The molecule has 3 aromatic rings. The fraction of sp³-hybridized carbons (Fsp3) is 0.200. The van der Waals surface area contributed by atoms with Gasteiger partial charge in [-0.05, 0) is 34.5 Å². The number of sulfonamides is 2. The molecule has 0 aliphatic heterocycles. The van der Waals surface area contributed by atoms with E-state index in [9.17, 15) is 21.9 Å². The lowest BCUT2D eigenvalue weighted by Crippen LogP contribution is -2.43. The smallest absolute Gasteiger partial charge is 0.242 e. The summed E-state index contributed by atoms with van der Waals surface area (Å²) in [6, 6.07) is 4.34. The number of nitrogens with two attached hydrogens (primary N) is 3. The highest BCUT2D eigenvalue weighted by atomic mass is 32.2. The van der Waals surface area contributed by atoms with E-state index < -0.39 is 42.5 Å². The van der Waals surface area contributed by atoms with Crippen LogP contribution >= 0.6 is 0 Å². The summed E-state index contributed by atoms with van der Waals surface area (Å²) in [6.07, 6.45) is 1.39. The number of nitrogens with zero attached hydrogens (tertiary/aromatic N) is 4. The van der Waals surface area contributed by atoms with Crippen molar-refractivity contribution in [1.82, 2.24) is 30.3 Å². The van der Waals surface area contributed by atoms with Crippen LogP contribution in [0.25, 0.3) is 22.5 Å². The Balaban J connectivity index is 2.40. The molecule has 0 saturated heterocycles. The van der Waals surface area contributed by atoms with Crippen LogP contribution in [0.3, 0.4) is 0 Å². The Kier molecular flexibility index (Phi) is 6.30. The van der Waals surface area contributed by atoms with Gasteiger partial charge < -0.3 is 16.6 Å². The predicted molar refractivity (Wildman–Crippen MR) is 109 cm³/mol. The van der Waals surface area contributed by atoms with Crippen molar-refractivity contribution in [1.29, 1.82) is 0 Å². The fourth-order valence-electron chi connectivity index (χ4n) is 2.85. The first-order valence-electron chi connectivity index (χ1n) is 8.57. The summed E-state index contributed by atoms with van der Waals surface area (Å²) in [5, 5.41) is 27.9. The molecule has 3 rings (SSSR count). The Morgan fingerprint density at radius 1 is 1.19 bits per heavy atom. The summed E-state index contributed by atoms with van der Waals surface area (Å²) >= 11 is 0. The third-order valence-corrected chi connectivity index (χ3v) is 6.87. The maximum Gasteiger partial charge on any atom is 0.242 e. The lowest BCUT2D eigenvalue weighted by atomic mass is 10.00. The van der Waals surface area contributed by atoms with Gasteiger partial charge in [-0.25, -0.2) is 31.7 Å². The number of tetrazole rings is 1. The zero-order valence-corrected chi connectivity index (χ0v) is 17.4. The predicted octanol–water partition coefficient (Wildman–Crippen LogP) is -2.24. The number of aromatic amines is 1. The van der Waals surface area contributed by atoms with Gasteiger partial charge in [0.1, 0.15) is 15.6 Å². The van der Waals surface area contributed by atoms with Crippen molar-refractivity contribution < 1.29 is 21.9 Å². The van der Waals surface area contributed by atoms with Gasteiger partial charge in [0, 0.05) is 12.7 Å². The van der Waals surface area contributed by atoms with Gasteiger partial charge in [0.05, 0.1) is 18.2 Å². The molecule has 0 aliphatic rings. The molecule has 2 aromatic heterocycles. The zero-order chi connectivity index (χ0) is 22.8. The highest BCUT2D eigenvalue weighted by molar-refractivity contribution is 7.92. The molecule has 0 bridgehead atoms. The van der Waals surface area contributed by atoms with Crippen molar-refractivity contribution in [3.8, 4) is 22.5 Å². The topological polar surface area (TPSA) is 246 Å². The Morgan fingerprint density at radius 2 is 1.94 bits per heavy atom. The quantitative estimate of drug-likeness (QED) is 0.206. The maximum atomic E-state index is 13.0. The number of aliphatic hydroxyl groups is 1. The summed E-state index contributed by atoms with van der Waals surface area (Å²) in [6.45, 7) is -0.834. The Hall–Kier alpha value is -3.02. The molecule has 9 N–H and O–H groups in total. The average molecular weight is 470 g/mol. The molecule has 0 radical (unpaired) electrons. The summed E-state index contributed by atoms with van der Waals surface area (Å²) in [4.78, 5) is 2.45. The summed E-state index contributed by atoms with van der Waals surface area (Å²) < 4.78 is 53.2. The molecule has 0 saturated carbocycles. The fourth-order valence-corrected chi connectivity index (χ4v) is 5.69. The van der Waals surface area contributed by atoms with E-state index in [2.05, 4.69) is 30.3 Å². The maximum absolute atomic E-state index is 13.0. The zero-order valence-electron chi connectivity index (χ0n) is 15.8. The molecule has 166 valence electrons. The van der Waals surface area contributed by atoms with Crippen molar-refractivity contribution in [2.45, 2.75) is 15.8 Å². The second-order valence-corrected chi connectivity index (χ2v) is 9.48. The first kappa shape index (κ1) is 22.7. The second-order valence-electron chi connectivity index (χ2n) is 6.30. The molecule has 16 heteroatoms. The Labute approximate surface area is 177 Å². The summed E-state index contributed by atoms with van der Waals surface area (Å²) in [7, 11) is -9.14. The van der Waals surface area contributed by atoms with Gasteiger partial charge in [-0.3, -0.25) is 0 Å². The SMILES string of the molecule is NCC(CO)NS(=O)(=O)c1ccc(-c2ccnc(N)c2)c(-c2nn[nH]n2)c1S(N)(=O)=O. The lowest BCUT2D eigenvalue weighted by molar-refractivity contribution is 0.259. The number of nitrogen functional groups attached to an aromatic ring is 1. The van der Waals surface area contributed by atoms with E-state index in [-0.39, 0.29) is 29.3 Å². The van der Waals surface area contributed by atoms with Crippen LogP contribution in [-0.4, -0.2) is 66.7 Å². The van der Waals surface area contributed by atoms with Crippen LogP contribution in [0, 0.1) is 0 Å². The molecular weight excluding hydrogens is 450 g/mol. The van der Waals surface area contributed by atoms with E-state index in [0.717, 1.165) is 6.07 Å². The average Bonchev–Trinajstić information content (AvgIpc) is 3.25. The third kappa shape index (κ3) is 4.68. The molecule has 0 fully saturated rings. The molecule has 0 aliphatic carbocycles. The number of rotatable bonds is 8. The number of anilines is 1. The number of aliphatic hydroxyl groups excluding tert-OH is 1. The molecule has 2 heterocycles.